The minimum atomic E-state index is -0.404. The molecule has 2 atom stereocenters. The van der Waals surface area contributed by atoms with Gasteiger partial charge in [0.25, 0.3) is 0 Å². The van der Waals surface area contributed by atoms with Crippen LogP contribution >= 0.6 is 0 Å². The fourth-order valence-electron chi connectivity index (χ4n) is 4.48. The van der Waals surface area contributed by atoms with Crippen molar-refractivity contribution in [2.75, 3.05) is 6.54 Å². The number of carbonyl (C=O) groups is 2. The van der Waals surface area contributed by atoms with Crippen LogP contribution in [0.3, 0.4) is 0 Å². The zero-order valence-electron chi connectivity index (χ0n) is 23.5. The molecular weight excluding hydrogens is 420 g/mol. The molecule has 0 rings (SSSR count). The molecule has 0 saturated carbocycles. The Kier molecular flexibility index (Phi) is 24.3. The summed E-state index contributed by atoms with van der Waals surface area (Å²) < 4.78 is 0. The highest BCUT2D eigenvalue weighted by Gasteiger charge is 2.25. The third-order valence-electron chi connectivity index (χ3n) is 7.15. The summed E-state index contributed by atoms with van der Waals surface area (Å²) in [6.07, 6.45) is 25.6. The van der Waals surface area contributed by atoms with Gasteiger partial charge in [-0.25, -0.2) is 0 Å². The lowest BCUT2D eigenvalue weighted by Crippen LogP contribution is -2.50. The van der Waals surface area contributed by atoms with Crippen molar-refractivity contribution in [1.82, 2.24) is 10.6 Å². The van der Waals surface area contributed by atoms with Crippen molar-refractivity contribution >= 4 is 11.8 Å². The predicted molar refractivity (Wildman–Crippen MR) is 148 cm³/mol. The number of hydrogen-bond acceptors (Lipinski definition) is 2. The second-order valence-corrected chi connectivity index (χ2v) is 10.5. The second kappa shape index (κ2) is 25.0. The van der Waals surface area contributed by atoms with Gasteiger partial charge in [0.2, 0.25) is 11.8 Å². The van der Waals surface area contributed by atoms with Crippen LogP contribution in [0.4, 0.5) is 0 Å². The van der Waals surface area contributed by atoms with Gasteiger partial charge in [-0.2, -0.15) is 0 Å². The van der Waals surface area contributed by atoms with Crippen LogP contribution < -0.4 is 10.6 Å². The molecule has 0 aliphatic rings. The summed E-state index contributed by atoms with van der Waals surface area (Å²) in [4.78, 5) is 25.2. The zero-order chi connectivity index (χ0) is 25.3. The lowest BCUT2D eigenvalue weighted by molar-refractivity contribution is -0.130. The van der Waals surface area contributed by atoms with E-state index in [2.05, 4.69) is 38.3 Å². The normalized spacial score (nSPS) is 12.9. The average molecular weight is 481 g/mol. The zero-order valence-corrected chi connectivity index (χ0v) is 23.5. The number of nitrogens with one attached hydrogen (secondary N) is 2. The molecule has 0 bridgehead atoms. The van der Waals surface area contributed by atoms with Crippen LogP contribution in [-0.2, 0) is 9.59 Å². The van der Waals surface area contributed by atoms with Crippen LogP contribution in [0.1, 0.15) is 163 Å². The van der Waals surface area contributed by atoms with Crippen molar-refractivity contribution in [3.63, 3.8) is 0 Å². The summed E-state index contributed by atoms with van der Waals surface area (Å²) in [7, 11) is 0. The summed E-state index contributed by atoms with van der Waals surface area (Å²) in [5.74, 6) is 0.174. The maximum absolute atomic E-state index is 12.7. The van der Waals surface area contributed by atoms with E-state index in [1.165, 1.54) is 103 Å². The van der Waals surface area contributed by atoms with E-state index in [1.54, 1.807) is 0 Å². The first kappa shape index (κ1) is 32.9. The van der Waals surface area contributed by atoms with E-state index in [0.717, 1.165) is 32.2 Å². The average Bonchev–Trinajstić information content (AvgIpc) is 2.84. The molecule has 0 saturated heterocycles. The van der Waals surface area contributed by atoms with Crippen molar-refractivity contribution < 1.29 is 9.59 Å². The Labute approximate surface area is 213 Å². The summed E-state index contributed by atoms with van der Waals surface area (Å²) in [5, 5.41) is 6.11. The quantitative estimate of drug-likeness (QED) is 0.129. The lowest BCUT2D eigenvalue weighted by atomic mass is 9.97. The van der Waals surface area contributed by atoms with Gasteiger partial charge >= 0.3 is 0 Å². The number of carbonyl (C=O) groups excluding carboxylic acids is 2. The fourth-order valence-corrected chi connectivity index (χ4v) is 4.48. The first-order chi connectivity index (χ1) is 16.6. The monoisotopic (exact) mass is 480 g/mol. The molecule has 2 N–H and O–H groups in total. The maximum Gasteiger partial charge on any atom is 0.242 e. The van der Waals surface area contributed by atoms with Crippen molar-refractivity contribution in [1.29, 1.82) is 0 Å². The van der Waals surface area contributed by atoms with E-state index < -0.39 is 6.04 Å². The molecule has 0 unspecified atom stereocenters. The molecule has 0 aromatic carbocycles. The Hall–Kier alpha value is -1.06. The van der Waals surface area contributed by atoms with E-state index >= 15 is 0 Å². The van der Waals surface area contributed by atoms with E-state index in [4.69, 9.17) is 0 Å². The highest BCUT2D eigenvalue weighted by molar-refractivity contribution is 5.87. The number of rotatable bonds is 25. The predicted octanol–water partition coefficient (Wildman–Crippen LogP) is 8.48. The van der Waals surface area contributed by atoms with Gasteiger partial charge in [-0.1, -0.05) is 143 Å². The number of unbranched alkanes of at least 4 members (excludes halogenated alkanes) is 17. The van der Waals surface area contributed by atoms with Gasteiger partial charge in [0.15, 0.2) is 0 Å². The van der Waals surface area contributed by atoms with E-state index in [9.17, 15) is 9.59 Å². The van der Waals surface area contributed by atoms with Crippen LogP contribution in [0.25, 0.3) is 0 Å². The summed E-state index contributed by atoms with van der Waals surface area (Å²) >= 11 is 0. The standard InChI is InChI=1S/C30H60N2O2/c1-5-8-10-12-14-16-18-20-22-24-26-31-30(34)29(27(4)7-3)32-28(33)25-23-21-19-17-15-13-11-9-6-2/h27,29H,5-26H2,1-4H3,(H,31,34)(H,32,33)/t27-,29-/m0/s1. The van der Waals surface area contributed by atoms with Gasteiger partial charge < -0.3 is 10.6 Å². The molecule has 0 aliphatic heterocycles. The molecular formula is C30H60N2O2. The maximum atomic E-state index is 12.7. The van der Waals surface area contributed by atoms with Crippen molar-refractivity contribution in [2.24, 2.45) is 5.92 Å². The second-order valence-electron chi connectivity index (χ2n) is 10.5. The third kappa shape index (κ3) is 20.3. The molecule has 0 fully saturated rings. The molecule has 0 aromatic rings. The molecule has 0 aliphatic carbocycles. The Morgan fingerprint density at radius 1 is 0.588 bits per heavy atom. The summed E-state index contributed by atoms with van der Waals surface area (Å²) in [5.41, 5.74) is 0. The molecule has 0 heterocycles. The summed E-state index contributed by atoms with van der Waals surface area (Å²) in [6, 6.07) is -0.404. The van der Waals surface area contributed by atoms with Gasteiger partial charge in [-0.05, 0) is 18.8 Å². The Bertz CT molecular complexity index is 467. The van der Waals surface area contributed by atoms with Crippen LogP contribution in [0.15, 0.2) is 0 Å². The first-order valence-corrected chi connectivity index (χ1v) is 15.1. The molecule has 34 heavy (non-hydrogen) atoms. The smallest absolute Gasteiger partial charge is 0.242 e. The van der Waals surface area contributed by atoms with Gasteiger partial charge in [0.05, 0.1) is 0 Å². The van der Waals surface area contributed by atoms with Gasteiger partial charge in [0, 0.05) is 13.0 Å². The Morgan fingerprint density at radius 2 is 1.00 bits per heavy atom. The van der Waals surface area contributed by atoms with Gasteiger partial charge in [-0.15, -0.1) is 0 Å². The lowest BCUT2D eigenvalue weighted by Gasteiger charge is -2.23. The minimum absolute atomic E-state index is 0.00861. The molecule has 0 spiro atoms. The van der Waals surface area contributed by atoms with Crippen LogP contribution in [0, 0.1) is 5.92 Å². The summed E-state index contributed by atoms with van der Waals surface area (Å²) in [6.45, 7) is 9.37. The Balaban J connectivity index is 3.92. The Morgan fingerprint density at radius 3 is 1.44 bits per heavy atom. The molecule has 0 aromatic heterocycles. The van der Waals surface area contributed by atoms with Gasteiger partial charge in [0.1, 0.15) is 6.04 Å². The van der Waals surface area contributed by atoms with E-state index in [0.29, 0.717) is 6.42 Å². The minimum Gasteiger partial charge on any atom is -0.354 e. The van der Waals surface area contributed by atoms with E-state index in [-0.39, 0.29) is 17.7 Å². The topological polar surface area (TPSA) is 58.2 Å². The number of amides is 2. The molecule has 202 valence electrons. The SMILES string of the molecule is CCCCCCCCCCCCNC(=O)[C@@H](NC(=O)CCCCCCCCCCC)[C@@H](C)CC. The van der Waals surface area contributed by atoms with Crippen molar-refractivity contribution in [3.05, 3.63) is 0 Å². The van der Waals surface area contributed by atoms with Crippen LogP contribution in [0.5, 0.6) is 0 Å². The van der Waals surface area contributed by atoms with Crippen molar-refractivity contribution in [2.45, 2.75) is 169 Å². The molecule has 2 amide bonds. The third-order valence-corrected chi connectivity index (χ3v) is 7.15. The molecule has 4 heteroatoms. The van der Waals surface area contributed by atoms with Crippen molar-refractivity contribution in [3.8, 4) is 0 Å². The van der Waals surface area contributed by atoms with E-state index in [1.807, 2.05) is 0 Å². The van der Waals surface area contributed by atoms with Crippen LogP contribution in [-0.4, -0.2) is 24.4 Å². The highest BCUT2D eigenvalue weighted by atomic mass is 16.2. The largest absolute Gasteiger partial charge is 0.354 e. The molecule has 4 nitrogen and oxygen atoms in total. The van der Waals surface area contributed by atoms with Crippen LogP contribution in [0.2, 0.25) is 0 Å². The first-order valence-electron chi connectivity index (χ1n) is 15.1. The van der Waals surface area contributed by atoms with Gasteiger partial charge in [-0.3, -0.25) is 9.59 Å². The fraction of sp³-hybridized carbons (Fsp3) is 0.933. The highest BCUT2D eigenvalue weighted by Crippen LogP contribution is 2.13. The number of hydrogen-bond donors (Lipinski definition) is 2. The molecule has 0 radical (unpaired) electrons.